The summed E-state index contributed by atoms with van der Waals surface area (Å²) >= 11 is 0. The predicted octanol–water partition coefficient (Wildman–Crippen LogP) is 0.831. The first kappa shape index (κ1) is 12.2. The average Bonchev–Trinajstić information content (AvgIpc) is 2.72. The number of nitrogens with zero attached hydrogens (tertiary/aromatic N) is 1. The maximum atomic E-state index is 12.5. The van der Waals surface area contributed by atoms with Crippen LogP contribution >= 0.6 is 0 Å². The fraction of sp³-hybridized carbons (Fsp3) is 0.250. The smallest absolute Gasteiger partial charge is 0.186 e. The van der Waals surface area contributed by atoms with Gasteiger partial charge in [0.05, 0.1) is 24.3 Å². The van der Waals surface area contributed by atoms with Crippen LogP contribution in [0.4, 0.5) is 5.82 Å². The molecule has 0 saturated carbocycles. The van der Waals surface area contributed by atoms with Gasteiger partial charge in [0.25, 0.3) is 0 Å². The number of nitrogen functional groups attached to an aromatic ring is 1. The van der Waals surface area contributed by atoms with Crippen LogP contribution in [0, 0.1) is 0 Å². The lowest BCUT2D eigenvalue weighted by Crippen LogP contribution is -2.40. The Morgan fingerprint density at radius 1 is 1.26 bits per heavy atom. The fourth-order valence-electron chi connectivity index (χ4n) is 2.02. The van der Waals surface area contributed by atoms with Gasteiger partial charge >= 0.3 is 0 Å². The molecular formula is C12H13N3O3S. The largest absolute Gasteiger partial charge is 0.384 e. The molecule has 6 nitrogen and oxygen atoms in total. The van der Waals surface area contributed by atoms with Crippen LogP contribution < -0.4 is 5.73 Å². The van der Waals surface area contributed by atoms with E-state index in [1.54, 1.807) is 24.3 Å². The molecule has 0 bridgehead atoms. The molecule has 3 rings (SSSR count). The molecule has 1 aromatic heterocycles. The van der Waals surface area contributed by atoms with E-state index < -0.39 is 15.1 Å². The van der Waals surface area contributed by atoms with Crippen LogP contribution in [0.5, 0.6) is 0 Å². The Morgan fingerprint density at radius 2 is 2.00 bits per heavy atom. The van der Waals surface area contributed by atoms with Crippen LogP contribution in [0.25, 0.3) is 11.1 Å². The zero-order valence-corrected chi connectivity index (χ0v) is 10.9. The van der Waals surface area contributed by atoms with Crippen molar-refractivity contribution >= 4 is 15.7 Å². The van der Waals surface area contributed by atoms with Crippen LogP contribution in [-0.4, -0.2) is 37.1 Å². The highest BCUT2D eigenvalue weighted by Crippen LogP contribution is 2.33. The number of H-pyrrole nitrogens is 1. The van der Waals surface area contributed by atoms with Crippen LogP contribution in [0.2, 0.25) is 0 Å². The second kappa shape index (κ2) is 4.36. The lowest BCUT2D eigenvalue weighted by Gasteiger charge is -2.26. The number of nitrogens with one attached hydrogen (secondary N) is 1. The summed E-state index contributed by atoms with van der Waals surface area (Å²) < 4.78 is 30.0. The summed E-state index contributed by atoms with van der Waals surface area (Å²) in [6.45, 7) is 0.495. The summed E-state index contributed by atoms with van der Waals surface area (Å²) in [6, 6.07) is 6.80. The van der Waals surface area contributed by atoms with E-state index >= 15 is 0 Å². The first-order valence-corrected chi connectivity index (χ1v) is 7.35. The van der Waals surface area contributed by atoms with Crippen molar-refractivity contribution in [1.29, 1.82) is 0 Å². The third-order valence-corrected chi connectivity index (χ3v) is 5.32. The minimum Gasteiger partial charge on any atom is -0.384 e. The Bertz CT molecular complexity index is 705. The number of hydrogen-bond acceptors (Lipinski definition) is 5. The molecule has 1 saturated heterocycles. The Kier molecular flexibility index (Phi) is 2.79. The third-order valence-electron chi connectivity index (χ3n) is 3.20. The highest BCUT2D eigenvalue weighted by molar-refractivity contribution is 7.92. The van der Waals surface area contributed by atoms with Crippen molar-refractivity contribution in [2.24, 2.45) is 0 Å². The zero-order chi connectivity index (χ0) is 13.5. The second-order valence-corrected chi connectivity index (χ2v) is 6.59. The van der Waals surface area contributed by atoms with E-state index in [2.05, 4.69) is 10.2 Å². The quantitative estimate of drug-likeness (QED) is 0.867. The number of rotatable bonds is 3. The first-order valence-electron chi connectivity index (χ1n) is 5.80. The van der Waals surface area contributed by atoms with E-state index in [1.165, 1.54) is 6.20 Å². The highest BCUT2D eigenvalue weighted by Gasteiger charge is 2.35. The van der Waals surface area contributed by atoms with Crippen molar-refractivity contribution in [3.63, 3.8) is 0 Å². The molecule has 1 aliphatic rings. The Balaban J connectivity index is 2.15. The third kappa shape index (κ3) is 1.91. The van der Waals surface area contributed by atoms with Crippen molar-refractivity contribution in [3.8, 4) is 11.1 Å². The van der Waals surface area contributed by atoms with Gasteiger partial charge in [-0.25, -0.2) is 8.42 Å². The van der Waals surface area contributed by atoms with E-state index in [4.69, 9.17) is 10.5 Å². The lowest BCUT2D eigenvalue weighted by molar-refractivity contribution is 0.0416. The number of benzene rings is 1. The summed E-state index contributed by atoms with van der Waals surface area (Å²) in [5.74, 6) is 0.354. The van der Waals surface area contributed by atoms with Crippen LogP contribution in [0.15, 0.2) is 35.4 Å². The van der Waals surface area contributed by atoms with E-state index in [9.17, 15) is 8.42 Å². The standard InChI is InChI=1S/C12H13N3O3S/c13-12-10(5-14-15-12)9-3-1-2-4-11(9)19(16,17)8-6-18-7-8/h1-5,8H,6-7H2,(H3,13,14,15). The number of hydrogen-bond donors (Lipinski definition) is 2. The monoisotopic (exact) mass is 279 g/mol. The molecule has 1 aliphatic heterocycles. The summed E-state index contributed by atoms with van der Waals surface area (Å²) in [6.07, 6.45) is 1.53. The Morgan fingerprint density at radius 3 is 2.58 bits per heavy atom. The van der Waals surface area contributed by atoms with Gasteiger partial charge in [0.2, 0.25) is 0 Å². The van der Waals surface area contributed by atoms with Crippen molar-refractivity contribution in [3.05, 3.63) is 30.5 Å². The topological polar surface area (TPSA) is 98.1 Å². The molecule has 1 fully saturated rings. The zero-order valence-electron chi connectivity index (χ0n) is 10.0. The molecule has 0 radical (unpaired) electrons. The maximum absolute atomic E-state index is 12.5. The van der Waals surface area contributed by atoms with Crippen molar-refractivity contribution in [2.75, 3.05) is 18.9 Å². The minimum atomic E-state index is -3.40. The first-order chi connectivity index (χ1) is 9.10. The number of aromatic nitrogens is 2. The molecule has 0 atom stereocenters. The number of anilines is 1. The Hall–Kier alpha value is -1.86. The minimum absolute atomic E-state index is 0.248. The summed E-state index contributed by atoms with van der Waals surface area (Å²) in [7, 11) is -3.40. The number of aromatic amines is 1. The predicted molar refractivity (Wildman–Crippen MR) is 70.2 cm³/mol. The maximum Gasteiger partial charge on any atom is 0.186 e. The highest BCUT2D eigenvalue weighted by atomic mass is 32.2. The summed E-state index contributed by atoms with van der Waals surface area (Å²) in [5.41, 5.74) is 6.94. The summed E-state index contributed by atoms with van der Waals surface area (Å²) in [5, 5.41) is 5.97. The molecule has 0 amide bonds. The Labute approximate surface area is 110 Å². The van der Waals surface area contributed by atoms with E-state index in [0.717, 1.165) is 0 Å². The number of nitrogens with two attached hydrogens (primary N) is 1. The van der Waals surface area contributed by atoms with Gasteiger partial charge in [-0.2, -0.15) is 5.10 Å². The number of sulfone groups is 1. The number of ether oxygens (including phenoxy) is 1. The molecule has 7 heteroatoms. The van der Waals surface area contributed by atoms with Gasteiger partial charge in [-0.1, -0.05) is 18.2 Å². The molecule has 0 spiro atoms. The molecule has 0 unspecified atom stereocenters. The van der Waals surface area contributed by atoms with Gasteiger partial charge in [-0.3, -0.25) is 5.10 Å². The van der Waals surface area contributed by atoms with Crippen LogP contribution in [-0.2, 0) is 14.6 Å². The molecular weight excluding hydrogens is 266 g/mol. The molecule has 0 aliphatic carbocycles. The lowest BCUT2D eigenvalue weighted by atomic mass is 10.1. The van der Waals surface area contributed by atoms with Crippen molar-refractivity contribution in [2.45, 2.75) is 10.1 Å². The average molecular weight is 279 g/mol. The van der Waals surface area contributed by atoms with Crippen LogP contribution in [0.1, 0.15) is 0 Å². The second-order valence-electron chi connectivity index (χ2n) is 4.40. The van der Waals surface area contributed by atoms with Gasteiger partial charge in [0, 0.05) is 11.1 Å². The molecule has 1 aromatic carbocycles. The molecule has 100 valence electrons. The van der Waals surface area contributed by atoms with Gasteiger partial charge in [-0.15, -0.1) is 0 Å². The van der Waals surface area contributed by atoms with E-state index in [0.29, 0.717) is 16.9 Å². The van der Waals surface area contributed by atoms with Gasteiger partial charge < -0.3 is 10.5 Å². The van der Waals surface area contributed by atoms with E-state index in [1.807, 2.05) is 0 Å². The summed E-state index contributed by atoms with van der Waals surface area (Å²) in [4.78, 5) is 0.274. The fourth-order valence-corrected chi connectivity index (χ4v) is 3.68. The van der Waals surface area contributed by atoms with E-state index in [-0.39, 0.29) is 18.1 Å². The molecule has 2 heterocycles. The molecule has 3 N–H and O–H groups in total. The molecule has 19 heavy (non-hydrogen) atoms. The molecule has 2 aromatic rings. The normalized spacial score (nSPS) is 16.2. The van der Waals surface area contributed by atoms with Crippen molar-refractivity contribution < 1.29 is 13.2 Å². The van der Waals surface area contributed by atoms with Crippen molar-refractivity contribution in [1.82, 2.24) is 10.2 Å². The van der Waals surface area contributed by atoms with Crippen LogP contribution in [0.3, 0.4) is 0 Å². The van der Waals surface area contributed by atoms with Gasteiger partial charge in [0.15, 0.2) is 9.84 Å². The van der Waals surface area contributed by atoms with Gasteiger partial charge in [-0.05, 0) is 6.07 Å². The SMILES string of the molecule is Nc1[nH]ncc1-c1ccccc1S(=O)(=O)C1COC1. The van der Waals surface area contributed by atoms with Gasteiger partial charge in [0.1, 0.15) is 11.1 Å².